The minimum atomic E-state index is -4.06. The van der Waals surface area contributed by atoms with Gasteiger partial charge in [0.2, 0.25) is 5.91 Å². The fourth-order valence-corrected chi connectivity index (χ4v) is 7.10. The largest absolute Gasteiger partial charge is 0.381 e. The second-order valence-corrected chi connectivity index (χ2v) is 12.4. The molecule has 0 radical (unpaired) electrons. The molecule has 1 unspecified atom stereocenters. The summed E-state index contributed by atoms with van der Waals surface area (Å²) in [6.45, 7) is 1.26. The molecule has 1 N–H and O–H groups in total. The summed E-state index contributed by atoms with van der Waals surface area (Å²) in [4.78, 5) is 18.3. The van der Waals surface area contributed by atoms with Crippen LogP contribution in [0.2, 0.25) is 0 Å². The molecule has 6 rings (SSSR count). The number of rotatable bonds is 8. The van der Waals surface area contributed by atoms with E-state index in [0.29, 0.717) is 18.7 Å². The number of carbonyl (C=O) groups excluding carboxylic acids is 1. The summed E-state index contributed by atoms with van der Waals surface area (Å²) in [7, 11) is -4.06. The maximum absolute atomic E-state index is 14.9. The van der Waals surface area contributed by atoms with Crippen LogP contribution >= 0.6 is 11.6 Å². The lowest BCUT2D eigenvalue weighted by Gasteiger charge is -2.35. The summed E-state index contributed by atoms with van der Waals surface area (Å²) >= 11 is 5.92. The van der Waals surface area contributed by atoms with Gasteiger partial charge in [0.15, 0.2) is 0 Å². The molecule has 2 aromatic heterocycles. The van der Waals surface area contributed by atoms with Crippen LogP contribution in [0, 0.1) is 5.82 Å². The van der Waals surface area contributed by atoms with Crippen LogP contribution in [0.25, 0.3) is 11.3 Å². The second-order valence-electron chi connectivity index (χ2n) is 10.3. The zero-order chi connectivity index (χ0) is 30.0. The quantitative estimate of drug-likeness (QED) is 0.209. The maximum Gasteiger partial charge on any atom is 0.269 e. The van der Waals surface area contributed by atoms with Gasteiger partial charge < -0.3 is 10.2 Å². The van der Waals surface area contributed by atoms with Gasteiger partial charge in [0.25, 0.3) is 10.0 Å². The molecule has 1 atom stereocenters. The van der Waals surface area contributed by atoms with Gasteiger partial charge in [-0.15, -0.1) is 11.6 Å². The summed E-state index contributed by atoms with van der Waals surface area (Å²) in [6.07, 6.45) is 4.28. The van der Waals surface area contributed by atoms with Crippen molar-refractivity contribution >= 4 is 33.2 Å². The highest BCUT2D eigenvalue weighted by Crippen LogP contribution is 2.37. The second kappa shape index (κ2) is 12.0. The molecule has 43 heavy (non-hydrogen) atoms. The van der Waals surface area contributed by atoms with Crippen LogP contribution in [-0.4, -0.2) is 40.6 Å². The fourth-order valence-electron chi connectivity index (χ4n) is 5.58. The highest BCUT2D eigenvalue weighted by atomic mass is 35.5. The fraction of sp³-hybridized carbons (Fsp3) is 0.152. The lowest BCUT2D eigenvalue weighted by atomic mass is 9.84. The van der Waals surface area contributed by atoms with Crippen molar-refractivity contribution in [1.29, 1.82) is 0 Å². The number of fused-ring (bicyclic) bond motifs is 1. The number of amides is 1. The number of halogens is 2. The molecule has 0 saturated carbocycles. The topological polar surface area (TPSA) is 84.3 Å². The molecule has 1 amide bonds. The smallest absolute Gasteiger partial charge is 0.269 e. The van der Waals surface area contributed by atoms with E-state index in [1.807, 2.05) is 42.5 Å². The van der Waals surface area contributed by atoms with E-state index >= 15 is 0 Å². The third kappa shape index (κ3) is 5.66. The summed E-state index contributed by atoms with van der Waals surface area (Å²) in [6, 6.07) is 26.7. The maximum atomic E-state index is 14.9. The number of anilines is 1. The van der Waals surface area contributed by atoms with Gasteiger partial charge in [0, 0.05) is 55.4 Å². The number of hydrogen-bond acceptors (Lipinski definition) is 5. The molecular weight excluding hydrogens is 587 g/mol. The molecule has 0 aliphatic carbocycles. The summed E-state index contributed by atoms with van der Waals surface area (Å²) in [5.41, 5.74) is 5.08. The lowest BCUT2D eigenvalue weighted by Crippen LogP contribution is -2.39. The predicted molar refractivity (Wildman–Crippen MR) is 165 cm³/mol. The number of nitrogens with one attached hydrogen (secondary N) is 1. The van der Waals surface area contributed by atoms with Gasteiger partial charge in [-0.05, 0) is 58.7 Å². The summed E-state index contributed by atoms with van der Waals surface area (Å²) < 4.78 is 43.3. The number of pyridine rings is 1. The van der Waals surface area contributed by atoms with Gasteiger partial charge >= 0.3 is 0 Å². The molecule has 3 aromatic carbocycles. The van der Waals surface area contributed by atoms with Crippen molar-refractivity contribution in [3.05, 3.63) is 138 Å². The first-order valence-electron chi connectivity index (χ1n) is 13.7. The number of carbonyl (C=O) groups is 1. The molecule has 1 aliphatic heterocycles. The van der Waals surface area contributed by atoms with Gasteiger partial charge in [-0.2, -0.15) is 0 Å². The van der Waals surface area contributed by atoms with Gasteiger partial charge in [-0.1, -0.05) is 54.6 Å². The normalized spacial score (nSPS) is 14.7. The minimum absolute atomic E-state index is 0.0000511. The van der Waals surface area contributed by atoms with E-state index in [1.54, 1.807) is 35.2 Å². The molecule has 0 bridgehead atoms. The predicted octanol–water partition coefficient (Wildman–Crippen LogP) is 6.25. The Bertz CT molecular complexity index is 1900. The lowest BCUT2D eigenvalue weighted by molar-refractivity contribution is -0.129. The first-order valence-corrected chi connectivity index (χ1v) is 15.7. The van der Waals surface area contributed by atoms with Crippen LogP contribution in [0.5, 0.6) is 0 Å². The number of benzene rings is 3. The van der Waals surface area contributed by atoms with Crippen LogP contribution in [0.15, 0.2) is 114 Å². The van der Waals surface area contributed by atoms with E-state index in [0.717, 1.165) is 26.4 Å². The Hall–Kier alpha value is -4.47. The van der Waals surface area contributed by atoms with E-state index < -0.39 is 15.8 Å². The van der Waals surface area contributed by atoms with Crippen LogP contribution < -0.4 is 5.32 Å². The van der Waals surface area contributed by atoms with Crippen molar-refractivity contribution in [3.63, 3.8) is 0 Å². The van der Waals surface area contributed by atoms with Crippen LogP contribution in [0.1, 0.15) is 28.2 Å². The molecular formula is C33H28ClFN4O3S. The van der Waals surface area contributed by atoms with Crippen molar-refractivity contribution in [2.45, 2.75) is 23.9 Å². The van der Waals surface area contributed by atoms with E-state index in [4.69, 9.17) is 11.6 Å². The van der Waals surface area contributed by atoms with Crippen LogP contribution in [-0.2, 0) is 27.9 Å². The Morgan fingerprint density at radius 3 is 2.49 bits per heavy atom. The standard InChI is InChI=1S/C33H28ClFN4O3S/c34-17-33(40)38-21-24-8-1-2-10-26(24)29(22-38)27-11-4-6-14-31(27)37-18-23-16-32(28-12-3-5-13-30(28)35)39(20-23)43(41,42)25-9-7-15-36-19-25/h1-16,19-20,29,37H,17-18,21-22H2. The zero-order valence-electron chi connectivity index (χ0n) is 23.0. The van der Waals surface area contributed by atoms with Crippen molar-refractivity contribution in [3.8, 4) is 11.3 Å². The average Bonchev–Trinajstić information content (AvgIpc) is 3.48. The molecule has 5 aromatic rings. The van der Waals surface area contributed by atoms with Gasteiger partial charge in [-0.25, -0.2) is 16.8 Å². The molecule has 0 fully saturated rings. The first kappa shape index (κ1) is 28.6. The molecule has 7 nitrogen and oxygen atoms in total. The number of nitrogens with zero attached hydrogens (tertiary/aromatic N) is 3. The monoisotopic (exact) mass is 614 g/mol. The molecule has 0 spiro atoms. The number of para-hydroxylation sites is 1. The third-order valence-electron chi connectivity index (χ3n) is 7.66. The van der Waals surface area contributed by atoms with Crippen molar-refractivity contribution in [2.75, 3.05) is 17.7 Å². The highest BCUT2D eigenvalue weighted by Gasteiger charge is 2.30. The van der Waals surface area contributed by atoms with Gasteiger partial charge in [0.1, 0.15) is 16.6 Å². The number of alkyl halides is 1. The minimum Gasteiger partial charge on any atom is -0.381 e. The summed E-state index contributed by atoms with van der Waals surface area (Å²) in [5, 5.41) is 3.47. The van der Waals surface area contributed by atoms with E-state index in [9.17, 15) is 17.6 Å². The summed E-state index contributed by atoms with van der Waals surface area (Å²) in [5.74, 6) is -0.827. The SMILES string of the molecule is O=C(CCl)N1Cc2ccccc2C(c2ccccc2NCc2cc(-c3ccccc3F)n(S(=O)(=O)c3cccnc3)c2)C1. The molecule has 10 heteroatoms. The molecule has 3 heterocycles. The Morgan fingerprint density at radius 1 is 0.977 bits per heavy atom. The van der Waals surface area contributed by atoms with E-state index in [-0.39, 0.29) is 40.4 Å². The number of hydrogen-bond donors (Lipinski definition) is 1. The molecule has 0 saturated heterocycles. The average molecular weight is 615 g/mol. The van der Waals surface area contributed by atoms with Crippen molar-refractivity contribution in [1.82, 2.24) is 13.9 Å². The number of aromatic nitrogens is 2. The Balaban J connectivity index is 1.36. The van der Waals surface area contributed by atoms with Crippen molar-refractivity contribution in [2.24, 2.45) is 0 Å². The third-order valence-corrected chi connectivity index (χ3v) is 9.55. The molecule has 1 aliphatic rings. The Kier molecular flexibility index (Phi) is 8.01. The van der Waals surface area contributed by atoms with E-state index in [1.165, 1.54) is 30.7 Å². The van der Waals surface area contributed by atoms with Crippen LogP contribution in [0.3, 0.4) is 0 Å². The first-order chi connectivity index (χ1) is 20.9. The van der Waals surface area contributed by atoms with Crippen molar-refractivity contribution < 1.29 is 17.6 Å². The van der Waals surface area contributed by atoms with Gasteiger partial charge in [-0.3, -0.25) is 9.78 Å². The Morgan fingerprint density at radius 2 is 1.72 bits per heavy atom. The highest BCUT2D eigenvalue weighted by molar-refractivity contribution is 7.90. The Labute approximate surface area is 254 Å². The molecule has 218 valence electrons. The van der Waals surface area contributed by atoms with Crippen LogP contribution in [0.4, 0.5) is 10.1 Å². The van der Waals surface area contributed by atoms with E-state index in [2.05, 4.69) is 16.4 Å². The van der Waals surface area contributed by atoms with Gasteiger partial charge in [0.05, 0.1) is 5.69 Å². The zero-order valence-corrected chi connectivity index (χ0v) is 24.6.